The smallest absolute Gasteiger partial charge is 0.305 e. The van der Waals surface area contributed by atoms with Crippen LogP contribution in [-0.4, -0.2) is 22.5 Å². The van der Waals surface area contributed by atoms with Crippen molar-refractivity contribution < 1.29 is 14.7 Å². The molecule has 1 unspecified atom stereocenters. The maximum atomic E-state index is 12.0. The largest absolute Gasteiger partial charge is 0.481 e. The number of carbonyl (C=O) groups is 2. The molecule has 0 saturated carbocycles. The lowest BCUT2D eigenvalue weighted by Gasteiger charge is -2.33. The number of amides is 1. The highest BCUT2D eigenvalue weighted by Crippen LogP contribution is 2.21. The van der Waals surface area contributed by atoms with E-state index in [9.17, 15) is 9.59 Å². The fourth-order valence-electron chi connectivity index (χ4n) is 1.85. The van der Waals surface area contributed by atoms with Crippen LogP contribution in [0.3, 0.4) is 0 Å². The van der Waals surface area contributed by atoms with Gasteiger partial charge in [-0.3, -0.25) is 9.59 Å². The monoisotopic (exact) mass is 263 g/mol. The number of carboxylic acids is 1. The first-order valence-electron chi connectivity index (χ1n) is 6.40. The zero-order valence-corrected chi connectivity index (χ0v) is 11.6. The molecule has 1 aromatic carbocycles. The van der Waals surface area contributed by atoms with Crippen LogP contribution in [0.5, 0.6) is 0 Å². The van der Waals surface area contributed by atoms with Crippen molar-refractivity contribution in [1.82, 2.24) is 5.32 Å². The molecule has 1 amide bonds. The Morgan fingerprint density at radius 3 is 2.32 bits per heavy atom. The van der Waals surface area contributed by atoms with Crippen molar-refractivity contribution in [3.05, 3.63) is 35.9 Å². The summed E-state index contributed by atoms with van der Waals surface area (Å²) in [5, 5.41) is 11.8. The number of carbonyl (C=O) groups excluding carboxylic acids is 1. The van der Waals surface area contributed by atoms with Gasteiger partial charge in [0, 0.05) is 5.54 Å². The van der Waals surface area contributed by atoms with Crippen molar-refractivity contribution in [1.29, 1.82) is 0 Å². The first-order valence-corrected chi connectivity index (χ1v) is 6.40. The molecular formula is C15H21NO3. The Morgan fingerprint density at radius 2 is 1.84 bits per heavy atom. The van der Waals surface area contributed by atoms with Crippen LogP contribution < -0.4 is 5.32 Å². The van der Waals surface area contributed by atoms with Crippen LogP contribution in [0.2, 0.25) is 0 Å². The predicted molar refractivity (Wildman–Crippen MR) is 73.8 cm³/mol. The Morgan fingerprint density at radius 1 is 1.26 bits per heavy atom. The minimum Gasteiger partial charge on any atom is -0.481 e. The van der Waals surface area contributed by atoms with Crippen molar-refractivity contribution in [3.8, 4) is 0 Å². The van der Waals surface area contributed by atoms with Gasteiger partial charge in [0.05, 0.1) is 12.8 Å². The number of carboxylic acid groups (broad SMARTS) is 1. The van der Waals surface area contributed by atoms with Crippen molar-refractivity contribution in [2.24, 2.45) is 5.92 Å². The van der Waals surface area contributed by atoms with Crippen LogP contribution in [0, 0.1) is 5.92 Å². The van der Waals surface area contributed by atoms with Crippen molar-refractivity contribution in [2.75, 3.05) is 0 Å². The second-order valence-electron chi connectivity index (χ2n) is 5.35. The maximum absolute atomic E-state index is 12.0. The van der Waals surface area contributed by atoms with Gasteiger partial charge in [0.2, 0.25) is 5.91 Å². The van der Waals surface area contributed by atoms with E-state index in [1.54, 1.807) is 6.92 Å². The third kappa shape index (κ3) is 4.73. The molecule has 4 heteroatoms. The summed E-state index contributed by atoms with van der Waals surface area (Å²) in [5.41, 5.74) is 0.193. The second-order valence-corrected chi connectivity index (χ2v) is 5.35. The van der Waals surface area contributed by atoms with Gasteiger partial charge in [-0.05, 0) is 18.4 Å². The van der Waals surface area contributed by atoms with E-state index in [-0.39, 0.29) is 24.7 Å². The van der Waals surface area contributed by atoms with Gasteiger partial charge < -0.3 is 10.4 Å². The number of rotatable bonds is 6. The van der Waals surface area contributed by atoms with E-state index in [2.05, 4.69) is 5.32 Å². The Balaban J connectivity index is 2.69. The van der Waals surface area contributed by atoms with E-state index in [1.807, 2.05) is 44.2 Å². The molecule has 4 nitrogen and oxygen atoms in total. The van der Waals surface area contributed by atoms with Gasteiger partial charge in [0.25, 0.3) is 0 Å². The summed E-state index contributed by atoms with van der Waals surface area (Å²) >= 11 is 0. The van der Waals surface area contributed by atoms with Gasteiger partial charge in [0.1, 0.15) is 0 Å². The first kappa shape index (κ1) is 15.2. The fraction of sp³-hybridized carbons (Fsp3) is 0.467. The van der Waals surface area contributed by atoms with Gasteiger partial charge in [0.15, 0.2) is 0 Å². The highest BCUT2D eigenvalue weighted by Gasteiger charge is 2.32. The summed E-state index contributed by atoms with van der Waals surface area (Å²) in [6, 6.07) is 9.40. The van der Waals surface area contributed by atoms with Gasteiger partial charge in [-0.25, -0.2) is 0 Å². The number of hydrogen-bond acceptors (Lipinski definition) is 2. The highest BCUT2D eigenvalue weighted by molar-refractivity contribution is 5.80. The van der Waals surface area contributed by atoms with Gasteiger partial charge in [-0.1, -0.05) is 44.2 Å². The molecule has 1 aromatic rings. The molecule has 1 rings (SSSR count). The van der Waals surface area contributed by atoms with E-state index in [4.69, 9.17) is 5.11 Å². The minimum atomic E-state index is -0.906. The normalized spacial score (nSPS) is 13.9. The Bertz CT molecular complexity index is 442. The fourth-order valence-corrected chi connectivity index (χ4v) is 1.85. The molecule has 104 valence electrons. The summed E-state index contributed by atoms with van der Waals surface area (Å²) < 4.78 is 0. The van der Waals surface area contributed by atoms with Crippen LogP contribution in [-0.2, 0) is 16.0 Å². The van der Waals surface area contributed by atoms with Crippen LogP contribution in [0.4, 0.5) is 0 Å². The number of aliphatic carboxylic acids is 1. The maximum Gasteiger partial charge on any atom is 0.305 e. The third-order valence-corrected chi connectivity index (χ3v) is 3.43. The Hall–Kier alpha value is -1.84. The molecule has 0 radical (unpaired) electrons. The van der Waals surface area contributed by atoms with E-state index >= 15 is 0 Å². The molecule has 0 heterocycles. The molecule has 19 heavy (non-hydrogen) atoms. The Labute approximate surface area is 113 Å². The first-order chi connectivity index (χ1) is 8.83. The van der Waals surface area contributed by atoms with Crippen molar-refractivity contribution in [2.45, 2.75) is 39.2 Å². The predicted octanol–water partition coefficient (Wildman–Crippen LogP) is 2.23. The average molecular weight is 263 g/mol. The average Bonchev–Trinajstić information content (AvgIpc) is 2.28. The summed E-state index contributed by atoms with van der Waals surface area (Å²) in [6.45, 7) is 5.59. The van der Waals surface area contributed by atoms with Gasteiger partial charge in [-0.15, -0.1) is 0 Å². The summed E-state index contributed by atoms with van der Waals surface area (Å²) in [4.78, 5) is 22.9. The van der Waals surface area contributed by atoms with Crippen LogP contribution in [0.15, 0.2) is 30.3 Å². The van der Waals surface area contributed by atoms with Gasteiger partial charge >= 0.3 is 5.97 Å². The van der Waals surface area contributed by atoms with E-state index in [0.29, 0.717) is 0 Å². The number of benzene rings is 1. The summed E-state index contributed by atoms with van der Waals surface area (Å²) in [7, 11) is 0. The lowest BCUT2D eigenvalue weighted by molar-refractivity contribution is -0.139. The van der Waals surface area contributed by atoms with Crippen LogP contribution >= 0.6 is 0 Å². The summed E-state index contributed by atoms with van der Waals surface area (Å²) in [5.74, 6) is -1.01. The van der Waals surface area contributed by atoms with Crippen LogP contribution in [0.1, 0.15) is 32.8 Å². The van der Waals surface area contributed by atoms with Crippen molar-refractivity contribution >= 4 is 11.9 Å². The molecule has 0 spiro atoms. The minimum absolute atomic E-state index is 0.0447. The summed E-state index contributed by atoms with van der Waals surface area (Å²) in [6.07, 6.45) is 0.188. The molecule has 0 bridgehead atoms. The zero-order valence-electron chi connectivity index (χ0n) is 11.6. The zero-order chi connectivity index (χ0) is 14.5. The molecule has 0 aromatic heterocycles. The molecule has 2 N–H and O–H groups in total. The number of hydrogen-bond donors (Lipinski definition) is 2. The molecule has 0 aliphatic carbocycles. The SMILES string of the molecule is CC(C)C(C)(CC(=O)O)NC(=O)Cc1ccccc1. The van der Waals surface area contributed by atoms with E-state index in [1.165, 1.54) is 0 Å². The Kier molecular flexibility index (Phi) is 5.10. The van der Waals surface area contributed by atoms with Gasteiger partial charge in [-0.2, -0.15) is 0 Å². The molecule has 0 aliphatic heterocycles. The van der Waals surface area contributed by atoms with Crippen molar-refractivity contribution in [3.63, 3.8) is 0 Å². The van der Waals surface area contributed by atoms with Crippen LogP contribution in [0.25, 0.3) is 0 Å². The second kappa shape index (κ2) is 6.36. The van der Waals surface area contributed by atoms with E-state index < -0.39 is 11.5 Å². The molecule has 1 atom stereocenters. The lowest BCUT2D eigenvalue weighted by atomic mass is 9.85. The molecule has 0 fully saturated rings. The molecule has 0 aliphatic rings. The number of nitrogens with one attached hydrogen (secondary N) is 1. The topological polar surface area (TPSA) is 66.4 Å². The standard InChI is InChI=1S/C15H21NO3/c1-11(2)15(3,10-14(18)19)16-13(17)9-12-7-5-4-6-8-12/h4-8,11H,9-10H2,1-3H3,(H,16,17)(H,18,19). The third-order valence-electron chi connectivity index (χ3n) is 3.43. The molecule has 0 saturated heterocycles. The molecular weight excluding hydrogens is 242 g/mol. The van der Waals surface area contributed by atoms with E-state index in [0.717, 1.165) is 5.56 Å². The quantitative estimate of drug-likeness (QED) is 0.827. The highest BCUT2D eigenvalue weighted by atomic mass is 16.4. The lowest BCUT2D eigenvalue weighted by Crippen LogP contribution is -2.51.